The molecule has 0 aromatic heterocycles. The third kappa shape index (κ3) is 4.66. The van der Waals surface area contributed by atoms with Crippen LogP contribution in [-0.2, 0) is 14.3 Å². The fourth-order valence-electron chi connectivity index (χ4n) is 2.13. The Labute approximate surface area is 105 Å². The van der Waals surface area contributed by atoms with Crippen LogP contribution in [0.1, 0.15) is 53.9 Å². The monoisotopic (exact) mass is 242 g/mol. The van der Waals surface area contributed by atoms with Crippen LogP contribution in [0.2, 0.25) is 0 Å². The third-order valence-electron chi connectivity index (χ3n) is 3.17. The van der Waals surface area contributed by atoms with E-state index in [0.717, 1.165) is 19.3 Å². The Kier molecular flexibility index (Phi) is 4.99. The maximum Gasteiger partial charge on any atom is 0.311 e. The molecular weight excluding hydrogens is 216 g/mol. The van der Waals surface area contributed by atoms with Gasteiger partial charge in [0.2, 0.25) is 6.29 Å². The first-order chi connectivity index (χ1) is 7.80. The quantitative estimate of drug-likeness (QED) is 0.709. The highest BCUT2D eigenvalue weighted by molar-refractivity contribution is 5.73. The van der Waals surface area contributed by atoms with Crippen LogP contribution in [-0.4, -0.2) is 18.9 Å². The number of hydrogen-bond acceptors (Lipinski definition) is 3. The zero-order valence-electron chi connectivity index (χ0n) is 11.8. The zero-order valence-corrected chi connectivity index (χ0v) is 11.8. The minimum atomic E-state index is -0.306. The molecule has 2 unspecified atom stereocenters. The lowest BCUT2D eigenvalue weighted by Gasteiger charge is -2.30. The van der Waals surface area contributed by atoms with Gasteiger partial charge in [-0.3, -0.25) is 4.79 Å². The van der Waals surface area contributed by atoms with Gasteiger partial charge in [0.25, 0.3) is 0 Å². The molecule has 0 radical (unpaired) electrons. The molecule has 1 aliphatic rings. The van der Waals surface area contributed by atoms with E-state index in [2.05, 4.69) is 34.6 Å². The average molecular weight is 242 g/mol. The van der Waals surface area contributed by atoms with Crippen LogP contribution in [0.3, 0.4) is 0 Å². The molecule has 1 fully saturated rings. The second kappa shape index (κ2) is 5.85. The smallest absolute Gasteiger partial charge is 0.311 e. The van der Waals surface area contributed by atoms with Gasteiger partial charge < -0.3 is 9.47 Å². The molecule has 3 nitrogen and oxygen atoms in total. The number of hydrogen-bond donors (Lipinski definition) is 0. The van der Waals surface area contributed by atoms with Gasteiger partial charge in [0.15, 0.2) is 0 Å². The molecule has 0 aromatic carbocycles. The van der Waals surface area contributed by atoms with Crippen LogP contribution < -0.4 is 0 Å². The molecular formula is C14H26O3. The Morgan fingerprint density at radius 3 is 2.47 bits per heavy atom. The largest absolute Gasteiger partial charge is 0.436 e. The van der Waals surface area contributed by atoms with Crippen molar-refractivity contribution < 1.29 is 14.3 Å². The first-order valence-corrected chi connectivity index (χ1v) is 6.63. The maximum absolute atomic E-state index is 12.2. The molecule has 0 spiro atoms. The van der Waals surface area contributed by atoms with Crippen molar-refractivity contribution in [2.45, 2.75) is 60.2 Å². The van der Waals surface area contributed by atoms with Crippen LogP contribution in [0, 0.1) is 17.3 Å². The van der Waals surface area contributed by atoms with Crippen LogP contribution in [0.15, 0.2) is 0 Å². The van der Waals surface area contributed by atoms with Crippen LogP contribution >= 0.6 is 0 Å². The third-order valence-corrected chi connectivity index (χ3v) is 3.17. The Morgan fingerprint density at radius 2 is 2.06 bits per heavy atom. The molecule has 0 bridgehead atoms. The zero-order chi connectivity index (χ0) is 13.1. The molecule has 1 aliphatic heterocycles. The van der Waals surface area contributed by atoms with Crippen molar-refractivity contribution >= 4 is 5.97 Å². The van der Waals surface area contributed by atoms with Gasteiger partial charge in [0.1, 0.15) is 0 Å². The van der Waals surface area contributed by atoms with Crippen molar-refractivity contribution in [2.24, 2.45) is 17.3 Å². The summed E-state index contributed by atoms with van der Waals surface area (Å²) in [4.78, 5) is 12.2. The molecule has 0 aromatic rings. The Hall–Kier alpha value is -0.570. The van der Waals surface area contributed by atoms with Gasteiger partial charge in [0, 0.05) is 6.42 Å². The lowest BCUT2D eigenvalue weighted by atomic mass is 9.76. The van der Waals surface area contributed by atoms with Crippen molar-refractivity contribution in [1.82, 2.24) is 0 Å². The van der Waals surface area contributed by atoms with Gasteiger partial charge in [-0.25, -0.2) is 0 Å². The number of carbonyl (C=O) groups is 1. The highest BCUT2D eigenvalue weighted by Crippen LogP contribution is 2.33. The molecule has 17 heavy (non-hydrogen) atoms. The minimum Gasteiger partial charge on any atom is -0.436 e. The predicted molar refractivity (Wildman–Crippen MR) is 67.5 cm³/mol. The van der Waals surface area contributed by atoms with E-state index in [0.29, 0.717) is 12.5 Å². The lowest BCUT2D eigenvalue weighted by molar-refractivity contribution is -0.179. The number of rotatable bonds is 4. The summed E-state index contributed by atoms with van der Waals surface area (Å²) in [6.45, 7) is 11.3. The van der Waals surface area contributed by atoms with Gasteiger partial charge >= 0.3 is 5.97 Å². The van der Waals surface area contributed by atoms with E-state index in [1.165, 1.54) is 0 Å². The van der Waals surface area contributed by atoms with E-state index in [9.17, 15) is 4.79 Å². The van der Waals surface area contributed by atoms with Crippen molar-refractivity contribution in [1.29, 1.82) is 0 Å². The fourth-order valence-corrected chi connectivity index (χ4v) is 2.13. The summed E-state index contributed by atoms with van der Waals surface area (Å²) in [6, 6.07) is 0. The van der Waals surface area contributed by atoms with Crippen LogP contribution in [0.4, 0.5) is 0 Å². The fraction of sp³-hybridized carbons (Fsp3) is 0.929. The van der Waals surface area contributed by atoms with Gasteiger partial charge in [-0.1, -0.05) is 34.6 Å². The van der Waals surface area contributed by atoms with Crippen LogP contribution in [0.25, 0.3) is 0 Å². The number of ether oxygens (including phenoxy) is 2. The summed E-state index contributed by atoms with van der Waals surface area (Å²) >= 11 is 0. The van der Waals surface area contributed by atoms with E-state index >= 15 is 0 Å². The molecule has 1 saturated heterocycles. The molecule has 2 atom stereocenters. The van der Waals surface area contributed by atoms with Gasteiger partial charge in [-0.15, -0.1) is 0 Å². The van der Waals surface area contributed by atoms with Crippen LogP contribution in [0.5, 0.6) is 0 Å². The molecule has 100 valence electrons. The van der Waals surface area contributed by atoms with E-state index in [-0.39, 0.29) is 23.6 Å². The summed E-state index contributed by atoms with van der Waals surface area (Å²) < 4.78 is 10.8. The standard InChI is InChI=1S/C14H26O3/c1-10(2)9-11(14(3,4)5)13(15)17-12-7-6-8-16-12/h10-12H,6-9H2,1-5H3. The average Bonchev–Trinajstić information content (AvgIpc) is 2.64. The Balaban J connectivity index is 2.58. The van der Waals surface area contributed by atoms with Gasteiger partial charge in [-0.05, 0) is 24.2 Å². The predicted octanol–water partition coefficient (Wildman–Crippen LogP) is 3.37. The molecule has 1 heterocycles. The second-order valence-electron chi connectivity index (χ2n) is 6.43. The molecule has 0 aliphatic carbocycles. The molecule has 0 saturated carbocycles. The minimum absolute atomic E-state index is 0.0494. The summed E-state index contributed by atoms with van der Waals surface area (Å²) in [5, 5.41) is 0. The lowest BCUT2D eigenvalue weighted by Crippen LogP contribution is -2.33. The van der Waals surface area contributed by atoms with E-state index in [4.69, 9.17) is 9.47 Å². The summed E-state index contributed by atoms with van der Waals surface area (Å²) in [5.41, 5.74) is -0.0556. The van der Waals surface area contributed by atoms with Crippen molar-refractivity contribution in [3.05, 3.63) is 0 Å². The van der Waals surface area contributed by atoms with Gasteiger partial charge in [-0.2, -0.15) is 0 Å². The summed E-state index contributed by atoms with van der Waals surface area (Å²) in [5.74, 6) is 0.348. The van der Waals surface area contributed by atoms with E-state index in [1.807, 2.05) is 0 Å². The number of esters is 1. The summed E-state index contributed by atoms with van der Waals surface area (Å²) in [7, 11) is 0. The molecule has 3 heteroatoms. The first kappa shape index (κ1) is 14.5. The van der Waals surface area contributed by atoms with E-state index < -0.39 is 0 Å². The molecule has 1 rings (SSSR count). The highest BCUT2D eigenvalue weighted by atomic mass is 16.7. The Morgan fingerprint density at radius 1 is 1.41 bits per heavy atom. The van der Waals surface area contributed by atoms with Crippen molar-refractivity contribution in [3.8, 4) is 0 Å². The highest BCUT2D eigenvalue weighted by Gasteiger charge is 2.35. The molecule has 0 amide bonds. The Bertz CT molecular complexity index is 247. The number of carbonyl (C=O) groups excluding carboxylic acids is 1. The molecule has 0 N–H and O–H groups in total. The van der Waals surface area contributed by atoms with E-state index in [1.54, 1.807) is 0 Å². The maximum atomic E-state index is 12.2. The SMILES string of the molecule is CC(C)CC(C(=O)OC1CCCO1)C(C)(C)C. The normalized spacial score (nSPS) is 22.8. The second-order valence-corrected chi connectivity index (χ2v) is 6.43. The topological polar surface area (TPSA) is 35.5 Å². The first-order valence-electron chi connectivity index (χ1n) is 6.63. The summed E-state index contributed by atoms with van der Waals surface area (Å²) in [6.07, 6.45) is 2.39. The van der Waals surface area contributed by atoms with Gasteiger partial charge in [0.05, 0.1) is 12.5 Å². The van der Waals surface area contributed by atoms with Crippen molar-refractivity contribution in [3.63, 3.8) is 0 Å². The van der Waals surface area contributed by atoms with Crippen molar-refractivity contribution in [2.75, 3.05) is 6.61 Å².